The lowest BCUT2D eigenvalue weighted by Crippen LogP contribution is -2.08. The second-order valence-electron chi connectivity index (χ2n) is 6.83. The molecule has 0 radical (unpaired) electrons. The van der Waals surface area contributed by atoms with Crippen molar-refractivity contribution in [2.75, 3.05) is 0 Å². The van der Waals surface area contributed by atoms with Crippen LogP contribution in [0.15, 0.2) is 79.4 Å². The van der Waals surface area contributed by atoms with Crippen LogP contribution < -0.4 is 4.74 Å². The number of aromatic nitrogens is 3. The van der Waals surface area contributed by atoms with Crippen LogP contribution in [0.2, 0.25) is 0 Å². The quantitative estimate of drug-likeness (QED) is 0.404. The molecule has 2 aromatic carbocycles. The number of ketones is 1. The first kappa shape index (κ1) is 20.3. The van der Waals surface area contributed by atoms with Crippen molar-refractivity contribution in [2.24, 2.45) is 0 Å². The van der Waals surface area contributed by atoms with Crippen LogP contribution in [-0.2, 0) is 13.0 Å². The fraction of sp³-hybridized carbons (Fsp3) is 0.0833. The number of nitrogens with zero attached hydrogens (tertiary/aromatic N) is 3. The van der Waals surface area contributed by atoms with E-state index in [4.69, 9.17) is 4.74 Å². The number of Topliss-reactive ketones (excluding diaryl/α,β-unsaturated/α-hetero) is 1. The predicted octanol–water partition coefficient (Wildman–Crippen LogP) is 4.82. The molecule has 0 spiro atoms. The van der Waals surface area contributed by atoms with Crippen LogP contribution in [0.25, 0.3) is 11.1 Å². The predicted molar refractivity (Wildman–Crippen MR) is 110 cm³/mol. The second-order valence-corrected chi connectivity index (χ2v) is 6.83. The van der Waals surface area contributed by atoms with Crippen molar-refractivity contribution in [1.29, 1.82) is 0 Å². The first-order valence-electron chi connectivity index (χ1n) is 9.50. The molecule has 0 bridgehead atoms. The topological polar surface area (TPSA) is 65.0 Å². The van der Waals surface area contributed by atoms with Crippen LogP contribution in [0.1, 0.15) is 21.5 Å². The second kappa shape index (κ2) is 9.21. The average Bonchev–Trinajstić information content (AvgIpc) is 2.81. The first-order valence-corrected chi connectivity index (χ1v) is 9.50. The lowest BCUT2D eigenvalue weighted by molar-refractivity contribution is 0.0988. The molecule has 7 heteroatoms. The molecule has 0 unspecified atom stereocenters. The monoisotopic (exact) mass is 417 g/mol. The summed E-state index contributed by atoms with van der Waals surface area (Å²) in [4.78, 5) is 17.1. The van der Waals surface area contributed by atoms with Crippen molar-refractivity contribution >= 4 is 5.78 Å². The Bertz CT molecular complexity index is 1200. The third-order valence-electron chi connectivity index (χ3n) is 4.68. The van der Waals surface area contributed by atoms with Gasteiger partial charge in [-0.1, -0.05) is 12.1 Å². The van der Waals surface area contributed by atoms with Gasteiger partial charge in [-0.3, -0.25) is 9.78 Å². The summed E-state index contributed by atoms with van der Waals surface area (Å²) in [6, 6.07) is 14.3. The van der Waals surface area contributed by atoms with Gasteiger partial charge in [0.1, 0.15) is 12.4 Å². The summed E-state index contributed by atoms with van der Waals surface area (Å²) in [6.07, 6.45) is 6.53. The van der Waals surface area contributed by atoms with Gasteiger partial charge in [-0.05, 0) is 64.7 Å². The van der Waals surface area contributed by atoms with E-state index in [0.717, 1.165) is 28.8 Å². The Balaban J connectivity index is 1.64. The summed E-state index contributed by atoms with van der Waals surface area (Å²) in [5.41, 5.74) is 3.30. The maximum atomic E-state index is 13.5. The van der Waals surface area contributed by atoms with Gasteiger partial charge in [0.15, 0.2) is 17.4 Å². The van der Waals surface area contributed by atoms with Crippen LogP contribution in [0.5, 0.6) is 5.75 Å². The van der Waals surface area contributed by atoms with Gasteiger partial charge in [-0.25, -0.2) is 8.78 Å². The molecule has 4 rings (SSSR count). The zero-order valence-electron chi connectivity index (χ0n) is 16.3. The molecular formula is C24H17F2N3O2. The molecule has 4 aromatic rings. The molecule has 0 amide bonds. The summed E-state index contributed by atoms with van der Waals surface area (Å²) in [5, 5.41) is 7.53. The molecule has 0 fully saturated rings. The normalized spacial score (nSPS) is 10.6. The van der Waals surface area contributed by atoms with E-state index in [1.165, 1.54) is 18.5 Å². The number of halogens is 2. The van der Waals surface area contributed by atoms with E-state index in [9.17, 15) is 13.6 Å². The Kier molecular flexibility index (Phi) is 6.03. The zero-order valence-corrected chi connectivity index (χ0v) is 16.3. The summed E-state index contributed by atoms with van der Waals surface area (Å²) in [6.45, 7) is -0.0110. The lowest BCUT2D eigenvalue weighted by atomic mass is 9.98. The van der Waals surface area contributed by atoms with E-state index < -0.39 is 11.6 Å². The number of hydrogen-bond donors (Lipinski definition) is 0. The van der Waals surface area contributed by atoms with E-state index in [1.807, 2.05) is 18.2 Å². The fourth-order valence-corrected chi connectivity index (χ4v) is 3.09. The molecule has 0 saturated carbocycles. The summed E-state index contributed by atoms with van der Waals surface area (Å²) in [5.74, 6) is -1.68. The number of benzene rings is 2. The molecule has 0 saturated heterocycles. The van der Waals surface area contributed by atoms with Crippen molar-refractivity contribution in [3.8, 4) is 16.9 Å². The van der Waals surface area contributed by atoms with Gasteiger partial charge in [0, 0.05) is 25.0 Å². The summed E-state index contributed by atoms with van der Waals surface area (Å²) < 4.78 is 32.5. The van der Waals surface area contributed by atoms with E-state index in [2.05, 4.69) is 15.2 Å². The van der Waals surface area contributed by atoms with Crippen molar-refractivity contribution in [3.05, 3.63) is 108 Å². The fourth-order valence-electron chi connectivity index (χ4n) is 3.09. The van der Waals surface area contributed by atoms with E-state index in [1.54, 1.807) is 30.6 Å². The van der Waals surface area contributed by atoms with Crippen molar-refractivity contribution in [1.82, 2.24) is 15.2 Å². The number of ether oxygens (including phenoxy) is 1. The molecule has 5 nitrogen and oxygen atoms in total. The SMILES string of the molecule is O=C(Cc1ccnnc1)c1cc(-c2ccncc2)ccc1OCc1ccc(F)c(F)c1. The molecule has 0 atom stereocenters. The highest BCUT2D eigenvalue weighted by Crippen LogP contribution is 2.28. The van der Waals surface area contributed by atoms with Gasteiger partial charge in [-0.15, -0.1) is 0 Å². The largest absolute Gasteiger partial charge is 0.488 e. The van der Waals surface area contributed by atoms with Gasteiger partial charge in [0.25, 0.3) is 0 Å². The van der Waals surface area contributed by atoms with E-state index in [0.29, 0.717) is 16.9 Å². The number of carbonyl (C=O) groups is 1. The van der Waals surface area contributed by atoms with Gasteiger partial charge in [-0.2, -0.15) is 10.2 Å². The number of carbonyl (C=O) groups excluding carboxylic acids is 1. The van der Waals surface area contributed by atoms with Crippen molar-refractivity contribution in [3.63, 3.8) is 0 Å². The van der Waals surface area contributed by atoms with Crippen molar-refractivity contribution < 1.29 is 18.3 Å². The van der Waals surface area contributed by atoms with Crippen LogP contribution >= 0.6 is 0 Å². The van der Waals surface area contributed by atoms with Gasteiger partial charge in [0.2, 0.25) is 0 Å². The van der Waals surface area contributed by atoms with Crippen LogP contribution in [0, 0.1) is 11.6 Å². The molecule has 2 aromatic heterocycles. The molecule has 0 aliphatic heterocycles. The highest BCUT2D eigenvalue weighted by atomic mass is 19.2. The minimum Gasteiger partial charge on any atom is -0.488 e. The lowest BCUT2D eigenvalue weighted by Gasteiger charge is -2.13. The molecule has 0 N–H and O–H groups in total. The Morgan fingerprint density at radius 3 is 2.39 bits per heavy atom. The Morgan fingerprint density at radius 2 is 1.65 bits per heavy atom. The van der Waals surface area contributed by atoms with Crippen LogP contribution in [-0.4, -0.2) is 21.0 Å². The smallest absolute Gasteiger partial charge is 0.171 e. The standard InChI is InChI=1S/C24H17F2N3O2/c25-21-3-1-17(11-22(21)26)15-31-24-4-2-19(18-6-8-27-9-7-18)13-20(24)23(30)12-16-5-10-28-29-14-16/h1-11,13-14H,12,15H2. The maximum absolute atomic E-state index is 13.5. The number of hydrogen-bond acceptors (Lipinski definition) is 5. The Hall–Kier alpha value is -4.00. The Morgan fingerprint density at radius 1 is 0.806 bits per heavy atom. The zero-order chi connectivity index (χ0) is 21.6. The highest BCUT2D eigenvalue weighted by Gasteiger charge is 2.16. The Labute approximate surface area is 177 Å². The summed E-state index contributed by atoms with van der Waals surface area (Å²) >= 11 is 0. The molecule has 2 heterocycles. The van der Waals surface area contributed by atoms with E-state index in [-0.39, 0.29) is 18.8 Å². The number of pyridine rings is 1. The van der Waals surface area contributed by atoms with Crippen molar-refractivity contribution in [2.45, 2.75) is 13.0 Å². The molecule has 154 valence electrons. The van der Waals surface area contributed by atoms with Gasteiger partial charge in [0.05, 0.1) is 11.8 Å². The molecular weight excluding hydrogens is 400 g/mol. The maximum Gasteiger partial charge on any atom is 0.171 e. The average molecular weight is 417 g/mol. The first-order chi connectivity index (χ1) is 15.1. The van der Waals surface area contributed by atoms with E-state index >= 15 is 0 Å². The molecule has 0 aliphatic rings. The highest BCUT2D eigenvalue weighted by molar-refractivity contribution is 6.01. The molecule has 0 aliphatic carbocycles. The van der Waals surface area contributed by atoms with Gasteiger partial charge >= 0.3 is 0 Å². The number of rotatable bonds is 7. The summed E-state index contributed by atoms with van der Waals surface area (Å²) in [7, 11) is 0. The van der Waals surface area contributed by atoms with Crippen LogP contribution in [0.3, 0.4) is 0 Å². The van der Waals surface area contributed by atoms with Crippen LogP contribution in [0.4, 0.5) is 8.78 Å². The minimum absolute atomic E-state index is 0.0110. The van der Waals surface area contributed by atoms with Gasteiger partial charge < -0.3 is 4.74 Å². The minimum atomic E-state index is -0.948. The molecule has 31 heavy (non-hydrogen) atoms. The third-order valence-corrected chi connectivity index (χ3v) is 4.68. The third kappa shape index (κ3) is 4.95.